The fourth-order valence-electron chi connectivity index (χ4n) is 3.56. The van der Waals surface area contributed by atoms with Gasteiger partial charge in [0.2, 0.25) is 0 Å². The summed E-state index contributed by atoms with van der Waals surface area (Å²) in [4.78, 5) is 14.6. The van der Waals surface area contributed by atoms with Crippen LogP contribution in [0.4, 0.5) is 0 Å². The van der Waals surface area contributed by atoms with Crippen LogP contribution in [0.1, 0.15) is 59.8 Å². The predicted octanol–water partition coefficient (Wildman–Crippen LogP) is 2.82. The lowest BCUT2D eigenvalue weighted by atomic mass is 9.94. The summed E-state index contributed by atoms with van der Waals surface area (Å²) in [5, 5.41) is 3.28. The van der Waals surface area contributed by atoms with Gasteiger partial charge in [0, 0.05) is 6.04 Å². The molecule has 1 saturated heterocycles. The van der Waals surface area contributed by atoms with Crippen LogP contribution >= 0.6 is 0 Å². The smallest absolute Gasteiger partial charge is 0.325 e. The van der Waals surface area contributed by atoms with E-state index in [9.17, 15) is 4.79 Å². The molecule has 2 atom stereocenters. The van der Waals surface area contributed by atoms with Crippen LogP contribution in [-0.4, -0.2) is 49.2 Å². The van der Waals surface area contributed by atoms with Gasteiger partial charge in [0.05, 0.1) is 7.11 Å². The number of unbranched alkanes of at least 4 members (excludes halogenated alkanes) is 1. The maximum atomic E-state index is 11.9. The molecular formula is C17H34N2O2. The molecule has 0 aliphatic carbocycles. The van der Waals surface area contributed by atoms with Gasteiger partial charge in [-0.1, -0.05) is 20.8 Å². The van der Waals surface area contributed by atoms with Gasteiger partial charge in [-0.3, -0.25) is 4.79 Å². The quantitative estimate of drug-likeness (QED) is 0.525. The second-order valence-corrected chi connectivity index (χ2v) is 6.80. The van der Waals surface area contributed by atoms with Crippen molar-refractivity contribution in [3.63, 3.8) is 0 Å². The largest absolute Gasteiger partial charge is 0.468 e. The summed E-state index contributed by atoms with van der Waals surface area (Å²) in [5.41, 5.74) is -0.536. The van der Waals surface area contributed by atoms with E-state index in [4.69, 9.17) is 4.74 Å². The number of likely N-dealkylation sites (N-methyl/N-ethyl adjacent to an activating group) is 1. The van der Waals surface area contributed by atoms with Crippen molar-refractivity contribution < 1.29 is 9.53 Å². The zero-order chi connectivity index (χ0) is 15.9. The fraction of sp³-hybridized carbons (Fsp3) is 0.941. The lowest BCUT2D eigenvalue weighted by Crippen LogP contribution is -2.50. The fourth-order valence-corrected chi connectivity index (χ4v) is 3.56. The van der Waals surface area contributed by atoms with E-state index >= 15 is 0 Å². The van der Waals surface area contributed by atoms with Crippen molar-refractivity contribution in [1.82, 2.24) is 10.2 Å². The minimum absolute atomic E-state index is 0.148. The first-order valence-corrected chi connectivity index (χ1v) is 8.52. The molecule has 0 aromatic heterocycles. The Balaban J connectivity index is 2.36. The molecule has 1 aliphatic heterocycles. The highest BCUT2D eigenvalue weighted by Gasteiger charge is 2.33. The number of rotatable bonds is 9. The van der Waals surface area contributed by atoms with E-state index in [1.165, 1.54) is 26.5 Å². The van der Waals surface area contributed by atoms with E-state index in [1.807, 2.05) is 13.8 Å². The van der Waals surface area contributed by atoms with E-state index in [0.29, 0.717) is 0 Å². The summed E-state index contributed by atoms with van der Waals surface area (Å²) in [7, 11) is 1.47. The predicted molar refractivity (Wildman–Crippen MR) is 87.4 cm³/mol. The van der Waals surface area contributed by atoms with Gasteiger partial charge in [0.25, 0.3) is 0 Å². The van der Waals surface area contributed by atoms with Crippen molar-refractivity contribution in [3.8, 4) is 0 Å². The monoisotopic (exact) mass is 298 g/mol. The SMILES string of the molecule is CCNC(C)(CCCCN1CCCC1C(C)C)C(=O)OC. The molecule has 2 unspecified atom stereocenters. The van der Waals surface area contributed by atoms with E-state index in [-0.39, 0.29) is 5.97 Å². The van der Waals surface area contributed by atoms with Gasteiger partial charge in [-0.15, -0.1) is 0 Å². The average Bonchev–Trinajstić information content (AvgIpc) is 2.91. The molecule has 21 heavy (non-hydrogen) atoms. The molecule has 0 spiro atoms. The molecule has 4 heteroatoms. The maximum absolute atomic E-state index is 11.9. The first-order valence-electron chi connectivity index (χ1n) is 8.52. The van der Waals surface area contributed by atoms with Crippen LogP contribution in [-0.2, 0) is 9.53 Å². The Morgan fingerprint density at radius 3 is 2.71 bits per heavy atom. The molecule has 1 heterocycles. The Labute approximate surface area is 130 Å². The standard InChI is InChI=1S/C17H34N2O2/c1-6-18-17(4,16(20)21-5)11-7-8-12-19-13-9-10-15(19)14(2)3/h14-15,18H,6-13H2,1-5H3. The van der Waals surface area contributed by atoms with Crippen LogP contribution in [0, 0.1) is 5.92 Å². The normalized spacial score (nSPS) is 22.5. The minimum atomic E-state index is -0.536. The highest BCUT2D eigenvalue weighted by Crippen LogP contribution is 2.24. The molecule has 0 saturated carbocycles. The molecule has 1 fully saturated rings. The van der Waals surface area contributed by atoms with Crippen LogP contribution < -0.4 is 5.32 Å². The van der Waals surface area contributed by atoms with Crippen LogP contribution in [0.15, 0.2) is 0 Å². The lowest BCUT2D eigenvalue weighted by molar-refractivity contribution is -0.148. The summed E-state index contributed by atoms with van der Waals surface area (Å²) in [6, 6.07) is 0.755. The molecule has 1 rings (SSSR count). The summed E-state index contributed by atoms with van der Waals surface area (Å²) >= 11 is 0. The number of carbonyl (C=O) groups is 1. The molecule has 0 aromatic rings. The molecule has 4 nitrogen and oxygen atoms in total. The van der Waals surface area contributed by atoms with E-state index in [0.717, 1.165) is 44.3 Å². The highest BCUT2D eigenvalue weighted by molar-refractivity contribution is 5.80. The third-order valence-corrected chi connectivity index (χ3v) is 4.76. The third-order valence-electron chi connectivity index (χ3n) is 4.76. The Bertz CT molecular complexity index is 320. The number of nitrogens with one attached hydrogen (secondary N) is 1. The zero-order valence-corrected chi connectivity index (χ0v) is 14.6. The number of hydrogen-bond donors (Lipinski definition) is 1. The third kappa shape index (κ3) is 5.26. The molecular weight excluding hydrogens is 264 g/mol. The maximum Gasteiger partial charge on any atom is 0.325 e. The summed E-state index contributed by atoms with van der Waals surface area (Å²) in [6.07, 6.45) is 5.73. The Morgan fingerprint density at radius 1 is 1.43 bits per heavy atom. The number of carbonyl (C=O) groups excluding carboxylic acids is 1. The summed E-state index contributed by atoms with van der Waals surface area (Å²) in [6.45, 7) is 11.8. The van der Waals surface area contributed by atoms with Gasteiger partial charge >= 0.3 is 5.97 Å². The Kier molecular flexibility index (Phi) is 7.67. The molecule has 0 aromatic carbocycles. The number of likely N-dealkylation sites (tertiary alicyclic amines) is 1. The molecule has 124 valence electrons. The van der Waals surface area contributed by atoms with Crippen LogP contribution in [0.5, 0.6) is 0 Å². The van der Waals surface area contributed by atoms with Gasteiger partial charge in [-0.05, 0) is 64.6 Å². The summed E-state index contributed by atoms with van der Waals surface area (Å²) < 4.78 is 4.94. The lowest BCUT2D eigenvalue weighted by Gasteiger charge is -2.29. The molecule has 1 N–H and O–H groups in total. The number of ether oxygens (including phenoxy) is 1. The second-order valence-electron chi connectivity index (χ2n) is 6.80. The molecule has 1 aliphatic rings. The highest BCUT2D eigenvalue weighted by atomic mass is 16.5. The Morgan fingerprint density at radius 2 is 2.14 bits per heavy atom. The van der Waals surface area contributed by atoms with Gasteiger partial charge in [0.1, 0.15) is 5.54 Å². The van der Waals surface area contributed by atoms with Gasteiger partial charge in [-0.2, -0.15) is 0 Å². The first-order chi connectivity index (χ1) is 9.94. The number of esters is 1. The number of hydrogen-bond acceptors (Lipinski definition) is 4. The number of methoxy groups -OCH3 is 1. The molecule has 0 radical (unpaired) electrons. The van der Waals surface area contributed by atoms with Gasteiger partial charge < -0.3 is 15.0 Å². The molecule has 0 amide bonds. The minimum Gasteiger partial charge on any atom is -0.468 e. The van der Waals surface area contributed by atoms with Crippen molar-refractivity contribution in [2.75, 3.05) is 26.7 Å². The van der Waals surface area contributed by atoms with Crippen LogP contribution in [0.3, 0.4) is 0 Å². The van der Waals surface area contributed by atoms with Crippen LogP contribution in [0.2, 0.25) is 0 Å². The summed E-state index contributed by atoms with van der Waals surface area (Å²) in [5.74, 6) is 0.597. The average molecular weight is 298 g/mol. The molecule has 0 bridgehead atoms. The van der Waals surface area contributed by atoms with E-state index in [1.54, 1.807) is 0 Å². The van der Waals surface area contributed by atoms with Gasteiger partial charge in [0.15, 0.2) is 0 Å². The topological polar surface area (TPSA) is 41.6 Å². The van der Waals surface area contributed by atoms with E-state index < -0.39 is 5.54 Å². The van der Waals surface area contributed by atoms with Gasteiger partial charge in [-0.25, -0.2) is 0 Å². The van der Waals surface area contributed by atoms with E-state index in [2.05, 4.69) is 24.1 Å². The van der Waals surface area contributed by atoms with Crippen molar-refractivity contribution in [1.29, 1.82) is 0 Å². The number of nitrogens with zero attached hydrogens (tertiary/aromatic N) is 1. The van der Waals surface area contributed by atoms with Crippen molar-refractivity contribution in [2.24, 2.45) is 5.92 Å². The second kappa shape index (κ2) is 8.74. The first kappa shape index (κ1) is 18.4. The Hall–Kier alpha value is -0.610. The van der Waals surface area contributed by atoms with Crippen molar-refractivity contribution >= 4 is 5.97 Å². The zero-order valence-electron chi connectivity index (χ0n) is 14.6. The van der Waals surface area contributed by atoms with Crippen molar-refractivity contribution in [3.05, 3.63) is 0 Å². The van der Waals surface area contributed by atoms with Crippen molar-refractivity contribution in [2.45, 2.75) is 71.4 Å². The van der Waals surface area contributed by atoms with Crippen LogP contribution in [0.25, 0.3) is 0 Å².